The van der Waals surface area contributed by atoms with Crippen molar-refractivity contribution in [3.63, 3.8) is 0 Å². The smallest absolute Gasteiger partial charge is 0.232 e. The highest BCUT2D eigenvalue weighted by molar-refractivity contribution is 6.04. The molecule has 3 aromatic rings. The van der Waals surface area contributed by atoms with Crippen molar-refractivity contribution in [2.75, 3.05) is 31.6 Å². The van der Waals surface area contributed by atoms with E-state index in [-0.39, 0.29) is 24.2 Å². The molecule has 0 radical (unpaired) electrons. The Morgan fingerprint density at radius 2 is 1.97 bits per heavy atom. The maximum absolute atomic E-state index is 12.5. The molecule has 0 saturated heterocycles. The first-order valence-electron chi connectivity index (χ1n) is 10.5. The lowest BCUT2D eigenvalue weighted by Gasteiger charge is -2.17. The largest absolute Gasteiger partial charge is 0.508 e. The van der Waals surface area contributed by atoms with Crippen molar-refractivity contribution in [3.05, 3.63) is 66.0 Å². The number of amides is 1. The van der Waals surface area contributed by atoms with Gasteiger partial charge >= 0.3 is 0 Å². The number of carbonyl (C=O) groups excluding carboxylic acids is 1. The van der Waals surface area contributed by atoms with Gasteiger partial charge in [0.05, 0.1) is 5.92 Å². The molecule has 0 saturated carbocycles. The summed E-state index contributed by atoms with van der Waals surface area (Å²) < 4.78 is 11.4. The number of rotatable bonds is 11. The van der Waals surface area contributed by atoms with Gasteiger partial charge < -0.3 is 30.3 Å². The van der Waals surface area contributed by atoms with E-state index in [4.69, 9.17) is 9.47 Å². The van der Waals surface area contributed by atoms with Gasteiger partial charge in [-0.05, 0) is 42.5 Å². The summed E-state index contributed by atoms with van der Waals surface area (Å²) in [5.74, 6) is 0.977. The second-order valence-corrected chi connectivity index (χ2v) is 7.56. The lowest BCUT2D eigenvalue weighted by Crippen LogP contribution is -2.33. The molecule has 2 atom stereocenters. The van der Waals surface area contributed by atoms with E-state index in [1.807, 2.05) is 24.3 Å². The number of aromatic nitrogens is 2. The summed E-state index contributed by atoms with van der Waals surface area (Å²) >= 11 is 0. The lowest BCUT2D eigenvalue weighted by molar-refractivity contribution is -0.117. The van der Waals surface area contributed by atoms with Crippen LogP contribution in [0.4, 0.5) is 5.69 Å². The number of carbonyl (C=O) groups is 1. The number of H-pyrrole nitrogens is 1. The summed E-state index contributed by atoms with van der Waals surface area (Å²) in [5.41, 5.74) is 2.40. The Kier molecular flexibility index (Phi) is 6.88. The second kappa shape index (κ2) is 10.2. The molecule has 2 aromatic carbocycles. The van der Waals surface area contributed by atoms with Gasteiger partial charge in [0, 0.05) is 42.7 Å². The van der Waals surface area contributed by atoms with E-state index in [2.05, 4.69) is 20.8 Å². The molecule has 32 heavy (non-hydrogen) atoms. The molecule has 1 aromatic heterocycles. The number of phenols is 1. The maximum atomic E-state index is 12.5. The predicted octanol–water partition coefficient (Wildman–Crippen LogP) is 1.80. The fourth-order valence-corrected chi connectivity index (χ4v) is 3.60. The minimum atomic E-state index is -0.726. The molecule has 5 N–H and O–H groups in total. The van der Waals surface area contributed by atoms with Crippen LogP contribution < -0.4 is 20.1 Å². The normalized spacial score (nSPS) is 15.8. The minimum Gasteiger partial charge on any atom is -0.508 e. The molecular weight excluding hydrogens is 412 g/mol. The number of aliphatic hydroxyl groups excluding tert-OH is 1. The highest BCUT2D eigenvalue weighted by Gasteiger charge is 2.34. The standard InChI is InChI=1S/C23H26N4O5/c28-16-4-6-18(7-5-16)31-11-10-24-13-17(29)14-32-21-3-1-2-20-22(21)19(23(30)26-20)12-15-8-9-25-27-15/h1-9,17,19,24,28-29H,10-14H2,(H,25,27)(H,26,30). The van der Waals surface area contributed by atoms with Crippen LogP contribution in [0.2, 0.25) is 0 Å². The van der Waals surface area contributed by atoms with Crippen molar-refractivity contribution in [2.45, 2.75) is 18.4 Å². The number of hydrogen-bond donors (Lipinski definition) is 5. The van der Waals surface area contributed by atoms with Gasteiger partial charge in [-0.25, -0.2) is 0 Å². The summed E-state index contributed by atoms with van der Waals surface area (Å²) in [4.78, 5) is 12.5. The molecule has 9 nitrogen and oxygen atoms in total. The second-order valence-electron chi connectivity index (χ2n) is 7.56. The van der Waals surface area contributed by atoms with Crippen LogP contribution in [0.3, 0.4) is 0 Å². The molecule has 0 fully saturated rings. The number of phenolic OH excluding ortho intramolecular Hbond substituents is 1. The van der Waals surface area contributed by atoms with Crippen LogP contribution >= 0.6 is 0 Å². The van der Waals surface area contributed by atoms with Crippen molar-refractivity contribution < 1.29 is 24.5 Å². The van der Waals surface area contributed by atoms with Gasteiger partial charge in [-0.2, -0.15) is 5.10 Å². The number of aromatic hydroxyl groups is 1. The molecule has 1 amide bonds. The van der Waals surface area contributed by atoms with E-state index in [9.17, 15) is 15.0 Å². The third-order valence-corrected chi connectivity index (χ3v) is 5.17. The number of benzene rings is 2. The van der Waals surface area contributed by atoms with Crippen molar-refractivity contribution in [3.8, 4) is 17.2 Å². The van der Waals surface area contributed by atoms with Gasteiger partial charge in [-0.15, -0.1) is 0 Å². The molecule has 2 heterocycles. The molecule has 4 rings (SSSR count). The van der Waals surface area contributed by atoms with Gasteiger partial charge in [0.15, 0.2) is 0 Å². The molecule has 2 unspecified atom stereocenters. The number of aliphatic hydroxyl groups is 1. The highest BCUT2D eigenvalue weighted by atomic mass is 16.5. The predicted molar refractivity (Wildman–Crippen MR) is 118 cm³/mol. The van der Waals surface area contributed by atoms with E-state index in [1.54, 1.807) is 30.5 Å². The fraction of sp³-hybridized carbons (Fsp3) is 0.304. The van der Waals surface area contributed by atoms with Crippen LogP contribution in [0, 0.1) is 0 Å². The molecule has 0 bridgehead atoms. The summed E-state index contributed by atoms with van der Waals surface area (Å²) in [6, 6.07) is 13.8. The zero-order valence-corrected chi connectivity index (χ0v) is 17.5. The van der Waals surface area contributed by atoms with Gasteiger partial charge in [-0.3, -0.25) is 9.89 Å². The summed E-state index contributed by atoms with van der Waals surface area (Å²) in [5, 5.41) is 32.4. The van der Waals surface area contributed by atoms with Gasteiger partial charge in [0.25, 0.3) is 0 Å². The van der Waals surface area contributed by atoms with E-state index in [0.29, 0.717) is 37.6 Å². The Morgan fingerprint density at radius 1 is 1.12 bits per heavy atom. The van der Waals surface area contributed by atoms with Crippen LogP contribution in [0.5, 0.6) is 17.2 Å². The molecule has 0 spiro atoms. The first kappa shape index (κ1) is 21.7. The van der Waals surface area contributed by atoms with Crippen molar-refractivity contribution in [1.29, 1.82) is 0 Å². The molecule has 1 aliphatic heterocycles. The Hall–Kier alpha value is -3.56. The summed E-state index contributed by atoms with van der Waals surface area (Å²) in [6.07, 6.45) is 1.42. The van der Waals surface area contributed by atoms with Gasteiger partial charge in [0.1, 0.15) is 36.6 Å². The van der Waals surface area contributed by atoms with Crippen LogP contribution in [-0.2, 0) is 11.2 Å². The minimum absolute atomic E-state index is 0.0820. The third kappa shape index (κ3) is 5.37. The van der Waals surface area contributed by atoms with E-state index in [0.717, 1.165) is 16.9 Å². The molecular formula is C23H26N4O5. The summed E-state index contributed by atoms with van der Waals surface area (Å²) in [7, 11) is 0. The average molecular weight is 438 g/mol. The number of ether oxygens (including phenoxy) is 2. The number of anilines is 1. The number of nitrogens with zero attached hydrogens (tertiary/aromatic N) is 1. The van der Waals surface area contributed by atoms with E-state index >= 15 is 0 Å². The van der Waals surface area contributed by atoms with Gasteiger partial charge in [-0.1, -0.05) is 6.07 Å². The van der Waals surface area contributed by atoms with Crippen LogP contribution in [0.25, 0.3) is 0 Å². The number of nitrogens with one attached hydrogen (secondary N) is 3. The topological polar surface area (TPSA) is 129 Å². The zero-order chi connectivity index (χ0) is 22.3. The van der Waals surface area contributed by atoms with Crippen molar-refractivity contribution >= 4 is 11.6 Å². The number of aromatic amines is 1. The van der Waals surface area contributed by atoms with Crippen LogP contribution in [-0.4, -0.2) is 58.7 Å². The molecule has 9 heteroatoms. The van der Waals surface area contributed by atoms with Crippen molar-refractivity contribution in [1.82, 2.24) is 15.5 Å². The Labute approximate surface area is 185 Å². The lowest BCUT2D eigenvalue weighted by atomic mass is 9.95. The quantitative estimate of drug-likeness (QED) is 0.289. The first-order chi connectivity index (χ1) is 15.6. The van der Waals surface area contributed by atoms with Crippen molar-refractivity contribution in [2.24, 2.45) is 0 Å². The third-order valence-electron chi connectivity index (χ3n) is 5.17. The maximum Gasteiger partial charge on any atom is 0.232 e. The highest BCUT2D eigenvalue weighted by Crippen LogP contribution is 2.40. The summed E-state index contributed by atoms with van der Waals surface area (Å²) in [6.45, 7) is 1.40. The zero-order valence-electron chi connectivity index (χ0n) is 17.5. The van der Waals surface area contributed by atoms with E-state index in [1.165, 1.54) is 0 Å². The Bertz CT molecular complexity index is 1020. The SMILES string of the molecule is O=C1Nc2cccc(OCC(O)CNCCOc3ccc(O)cc3)c2C1Cc1ccn[nH]1. The van der Waals surface area contributed by atoms with Gasteiger partial charge in [0.2, 0.25) is 5.91 Å². The number of hydrogen-bond acceptors (Lipinski definition) is 7. The van der Waals surface area contributed by atoms with Crippen LogP contribution in [0.1, 0.15) is 17.2 Å². The Balaban J connectivity index is 1.24. The average Bonchev–Trinajstić information content (AvgIpc) is 3.41. The molecule has 1 aliphatic rings. The fourth-order valence-electron chi connectivity index (χ4n) is 3.60. The first-order valence-corrected chi connectivity index (χ1v) is 10.5. The van der Waals surface area contributed by atoms with E-state index < -0.39 is 6.10 Å². The Morgan fingerprint density at radius 3 is 2.75 bits per heavy atom. The number of fused-ring (bicyclic) bond motifs is 1. The molecule has 0 aliphatic carbocycles. The molecule has 168 valence electrons. The monoisotopic (exact) mass is 438 g/mol. The van der Waals surface area contributed by atoms with Crippen LogP contribution in [0.15, 0.2) is 54.7 Å².